The van der Waals surface area contributed by atoms with Crippen LogP contribution in [0.5, 0.6) is 0 Å². The standard InChI is InChI=1S/C18H28N2O4/c1-2-20(10-6-9-13-7-4-3-5-8-13)18(24)14-11-16(22)17(23)15(12-21)19-14/h3-5,7-8,14-17,19,21-23H,2,6,9-12H2,1H3/t14-,15+,16+,17+/m0/s1. The summed E-state index contributed by atoms with van der Waals surface area (Å²) in [7, 11) is 0. The van der Waals surface area contributed by atoms with Gasteiger partial charge in [0.1, 0.15) is 0 Å². The lowest BCUT2D eigenvalue weighted by Crippen LogP contribution is -2.62. The van der Waals surface area contributed by atoms with Crippen LogP contribution in [-0.4, -0.2) is 70.1 Å². The molecule has 4 N–H and O–H groups in total. The number of aryl methyl sites for hydroxylation is 1. The maximum atomic E-state index is 12.7. The Hall–Kier alpha value is -1.47. The summed E-state index contributed by atoms with van der Waals surface area (Å²) in [5.74, 6) is -0.0880. The molecule has 0 unspecified atom stereocenters. The Morgan fingerprint density at radius 1 is 1.29 bits per heavy atom. The van der Waals surface area contributed by atoms with Gasteiger partial charge in [-0.1, -0.05) is 30.3 Å². The zero-order chi connectivity index (χ0) is 17.5. The van der Waals surface area contributed by atoms with Crippen molar-refractivity contribution in [1.82, 2.24) is 10.2 Å². The third-order valence-electron chi connectivity index (χ3n) is 4.62. The molecule has 4 atom stereocenters. The van der Waals surface area contributed by atoms with Crippen LogP contribution in [0, 0.1) is 0 Å². The topological polar surface area (TPSA) is 93.0 Å². The van der Waals surface area contributed by atoms with Crippen LogP contribution < -0.4 is 5.32 Å². The molecule has 6 nitrogen and oxygen atoms in total. The monoisotopic (exact) mass is 336 g/mol. The lowest BCUT2D eigenvalue weighted by atomic mass is 9.92. The van der Waals surface area contributed by atoms with E-state index in [0.717, 1.165) is 12.8 Å². The second kappa shape index (κ2) is 9.13. The van der Waals surface area contributed by atoms with Gasteiger partial charge in [-0.3, -0.25) is 10.1 Å². The normalized spacial score (nSPS) is 27.0. The molecule has 2 rings (SSSR count). The second-order valence-electron chi connectivity index (χ2n) is 6.31. The summed E-state index contributed by atoms with van der Waals surface area (Å²) in [6, 6.07) is 8.90. The molecule has 1 aliphatic heterocycles. The van der Waals surface area contributed by atoms with Gasteiger partial charge in [0, 0.05) is 19.5 Å². The number of nitrogens with one attached hydrogen (secondary N) is 1. The summed E-state index contributed by atoms with van der Waals surface area (Å²) in [6.45, 7) is 2.85. The molecule has 134 valence electrons. The Morgan fingerprint density at radius 2 is 2.00 bits per heavy atom. The minimum absolute atomic E-state index is 0.0880. The SMILES string of the molecule is CCN(CCCc1ccccc1)C(=O)[C@@H]1C[C@@H](O)[C@H](O)[C@@H](CO)N1. The number of rotatable bonds is 7. The van der Waals surface area contributed by atoms with Crippen LogP contribution in [0.3, 0.4) is 0 Å². The van der Waals surface area contributed by atoms with Gasteiger partial charge in [-0.15, -0.1) is 0 Å². The van der Waals surface area contributed by atoms with Crippen molar-refractivity contribution in [3.63, 3.8) is 0 Å². The summed E-state index contributed by atoms with van der Waals surface area (Å²) in [4.78, 5) is 14.4. The Balaban J connectivity index is 1.88. The summed E-state index contributed by atoms with van der Waals surface area (Å²) in [6.07, 6.45) is -0.118. The first-order chi connectivity index (χ1) is 11.6. The molecule has 0 aliphatic carbocycles. The van der Waals surface area contributed by atoms with Gasteiger partial charge in [-0.25, -0.2) is 0 Å². The van der Waals surface area contributed by atoms with Gasteiger partial charge in [0.05, 0.1) is 30.9 Å². The molecule has 1 fully saturated rings. The van der Waals surface area contributed by atoms with E-state index in [1.165, 1.54) is 5.56 Å². The van der Waals surface area contributed by atoms with Crippen molar-refractivity contribution >= 4 is 5.91 Å². The fourth-order valence-electron chi connectivity index (χ4n) is 3.17. The smallest absolute Gasteiger partial charge is 0.239 e. The van der Waals surface area contributed by atoms with E-state index in [1.54, 1.807) is 4.90 Å². The van der Waals surface area contributed by atoms with Crippen molar-refractivity contribution in [2.75, 3.05) is 19.7 Å². The molecule has 1 saturated heterocycles. The molecule has 0 saturated carbocycles. The lowest BCUT2D eigenvalue weighted by molar-refractivity contribution is -0.138. The Kier molecular flexibility index (Phi) is 7.17. The minimum atomic E-state index is -1.05. The van der Waals surface area contributed by atoms with Crippen molar-refractivity contribution < 1.29 is 20.1 Å². The third kappa shape index (κ3) is 4.77. The molecule has 1 aliphatic rings. The number of hydrogen-bond donors (Lipinski definition) is 4. The molecule has 0 bridgehead atoms. The zero-order valence-corrected chi connectivity index (χ0v) is 14.1. The second-order valence-corrected chi connectivity index (χ2v) is 6.31. The van der Waals surface area contributed by atoms with E-state index in [-0.39, 0.29) is 18.9 Å². The van der Waals surface area contributed by atoms with Crippen molar-refractivity contribution in [3.05, 3.63) is 35.9 Å². The highest BCUT2D eigenvalue weighted by Gasteiger charge is 2.38. The summed E-state index contributed by atoms with van der Waals surface area (Å²) < 4.78 is 0. The summed E-state index contributed by atoms with van der Waals surface area (Å²) in [5.41, 5.74) is 1.25. The Labute approximate surface area is 143 Å². The quantitative estimate of drug-likeness (QED) is 0.559. The Bertz CT molecular complexity index is 511. The van der Waals surface area contributed by atoms with Crippen LogP contribution in [0.15, 0.2) is 30.3 Å². The maximum Gasteiger partial charge on any atom is 0.239 e. The van der Waals surface area contributed by atoms with E-state index in [9.17, 15) is 20.1 Å². The van der Waals surface area contributed by atoms with Gasteiger partial charge in [-0.05, 0) is 25.3 Å². The lowest BCUT2D eigenvalue weighted by Gasteiger charge is -2.38. The number of aliphatic hydroxyl groups excluding tert-OH is 3. The molecule has 1 aromatic carbocycles. The predicted octanol–water partition coefficient (Wildman–Crippen LogP) is -0.0877. The first-order valence-corrected chi connectivity index (χ1v) is 8.62. The summed E-state index contributed by atoms with van der Waals surface area (Å²) in [5, 5.41) is 31.9. The number of aliphatic hydroxyl groups is 3. The largest absolute Gasteiger partial charge is 0.395 e. The fraction of sp³-hybridized carbons (Fsp3) is 0.611. The van der Waals surface area contributed by atoms with E-state index < -0.39 is 24.3 Å². The zero-order valence-electron chi connectivity index (χ0n) is 14.1. The summed E-state index contributed by atoms with van der Waals surface area (Å²) >= 11 is 0. The average Bonchev–Trinajstić information content (AvgIpc) is 2.61. The van der Waals surface area contributed by atoms with Crippen LogP contribution in [0.1, 0.15) is 25.3 Å². The van der Waals surface area contributed by atoms with E-state index >= 15 is 0 Å². The van der Waals surface area contributed by atoms with E-state index in [4.69, 9.17) is 0 Å². The van der Waals surface area contributed by atoms with Gasteiger partial charge >= 0.3 is 0 Å². The number of piperidine rings is 1. The molecule has 1 heterocycles. The first-order valence-electron chi connectivity index (χ1n) is 8.62. The van der Waals surface area contributed by atoms with Crippen LogP contribution in [-0.2, 0) is 11.2 Å². The number of carbonyl (C=O) groups excluding carboxylic acids is 1. The molecule has 0 aromatic heterocycles. The van der Waals surface area contributed by atoms with E-state index in [1.807, 2.05) is 25.1 Å². The van der Waals surface area contributed by atoms with Gasteiger partial charge < -0.3 is 20.2 Å². The van der Waals surface area contributed by atoms with E-state index in [0.29, 0.717) is 13.1 Å². The molecule has 1 amide bonds. The molecular formula is C18H28N2O4. The average molecular weight is 336 g/mol. The predicted molar refractivity (Wildman–Crippen MR) is 91.4 cm³/mol. The Morgan fingerprint density at radius 3 is 2.62 bits per heavy atom. The number of likely N-dealkylation sites (N-methyl/N-ethyl adjacent to an activating group) is 1. The number of nitrogens with zero attached hydrogens (tertiary/aromatic N) is 1. The molecule has 1 aromatic rings. The third-order valence-corrected chi connectivity index (χ3v) is 4.62. The van der Waals surface area contributed by atoms with Gasteiger partial charge in [-0.2, -0.15) is 0 Å². The first kappa shape index (κ1) is 18.9. The molecule has 0 spiro atoms. The van der Waals surface area contributed by atoms with Crippen LogP contribution >= 0.6 is 0 Å². The number of amides is 1. The van der Waals surface area contributed by atoms with Crippen molar-refractivity contribution in [3.8, 4) is 0 Å². The highest BCUT2D eigenvalue weighted by atomic mass is 16.3. The van der Waals surface area contributed by atoms with Gasteiger partial charge in [0.15, 0.2) is 0 Å². The fourth-order valence-corrected chi connectivity index (χ4v) is 3.17. The molecular weight excluding hydrogens is 308 g/mol. The van der Waals surface area contributed by atoms with E-state index in [2.05, 4.69) is 17.4 Å². The highest BCUT2D eigenvalue weighted by molar-refractivity contribution is 5.82. The van der Waals surface area contributed by atoms with Gasteiger partial charge in [0.2, 0.25) is 5.91 Å². The molecule has 0 radical (unpaired) electrons. The van der Waals surface area contributed by atoms with Gasteiger partial charge in [0.25, 0.3) is 0 Å². The molecule has 6 heteroatoms. The van der Waals surface area contributed by atoms with Crippen molar-refractivity contribution in [2.24, 2.45) is 0 Å². The van der Waals surface area contributed by atoms with Crippen molar-refractivity contribution in [2.45, 2.75) is 50.5 Å². The van der Waals surface area contributed by atoms with Crippen molar-refractivity contribution in [1.29, 1.82) is 0 Å². The minimum Gasteiger partial charge on any atom is -0.395 e. The number of benzene rings is 1. The number of hydrogen-bond acceptors (Lipinski definition) is 5. The number of carbonyl (C=O) groups is 1. The van der Waals surface area contributed by atoms with Crippen LogP contribution in [0.4, 0.5) is 0 Å². The van der Waals surface area contributed by atoms with Crippen LogP contribution in [0.25, 0.3) is 0 Å². The maximum absolute atomic E-state index is 12.7. The molecule has 24 heavy (non-hydrogen) atoms. The van der Waals surface area contributed by atoms with Crippen LogP contribution in [0.2, 0.25) is 0 Å². The highest BCUT2D eigenvalue weighted by Crippen LogP contribution is 2.17.